The highest BCUT2D eigenvalue weighted by atomic mass is 35.5. The average Bonchev–Trinajstić information content (AvgIpc) is 3.17. The van der Waals surface area contributed by atoms with Gasteiger partial charge < -0.3 is 9.47 Å². The van der Waals surface area contributed by atoms with Gasteiger partial charge in [-0.2, -0.15) is 5.10 Å². The summed E-state index contributed by atoms with van der Waals surface area (Å²) in [6, 6.07) is 14.0. The lowest BCUT2D eigenvalue weighted by Crippen LogP contribution is -1.99. The molecule has 0 radical (unpaired) electrons. The molecule has 22 heavy (non-hydrogen) atoms. The molecule has 1 aromatic heterocycles. The molecule has 0 aliphatic carbocycles. The average molecular weight is 313 g/mol. The van der Waals surface area contributed by atoms with Gasteiger partial charge in [-0.05, 0) is 23.3 Å². The van der Waals surface area contributed by atoms with Gasteiger partial charge in [0.1, 0.15) is 0 Å². The maximum Gasteiger partial charge on any atom is 0.231 e. The van der Waals surface area contributed by atoms with Crippen LogP contribution in [-0.4, -0.2) is 16.6 Å². The number of aromatic nitrogens is 2. The molecule has 2 heterocycles. The number of hydrogen-bond acceptors (Lipinski definition) is 3. The summed E-state index contributed by atoms with van der Waals surface area (Å²) < 4.78 is 12.6. The Morgan fingerprint density at radius 3 is 2.82 bits per heavy atom. The highest BCUT2D eigenvalue weighted by molar-refractivity contribution is 6.32. The molecule has 5 heteroatoms. The first-order valence-corrected chi connectivity index (χ1v) is 7.33. The second kappa shape index (κ2) is 5.39. The molecule has 1 aliphatic heterocycles. The molecule has 0 atom stereocenters. The third kappa shape index (κ3) is 2.42. The fraction of sp³-hybridized carbons (Fsp3) is 0.118. The molecular formula is C17H13ClN2O2. The Hall–Kier alpha value is -2.46. The van der Waals surface area contributed by atoms with Crippen LogP contribution >= 0.6 is 11.6 Å². The van der Waals surface area contributed by atoms with Gasteiger partial charge >= 0.3 is 0 Å². The molecule has 4 nitrogen and oxygen atoms in total. The van der Waals surface area contributed by atoms with Crippen molar-refractivity contribution < 1.29 is 9.47 Å². The van der Waals surface area contributed by atoms with Crippen molar-refractivity contribution in [3.8, 4) is 22.6 Å². The lowest BCUT2D eigenvalue weighted by Gasteiger charge is -2.05. The van der Waals surface area contributed by atoms with Crippen LogP contribution in [0.1, 0.15) is 5.56 Å². The monoisotopic (exact) mass is 312 g/mol. The summed E-state index contributed by atoms with van der Waals surface area (Å²) in [4.78, 5) is 0. The predicted molar refractivity (Wildman–Crippen MR) is 84.3 cm³/mol. The Labute approximate surface area is 132 Å². The molecule has 0 unspecified atom stereocenters. The van der Waals surface area contributed by atoms with Gasteiger partial charge in [0.05, 0.1) is 17.8 Å². The van der Waals surface area contributed by atoms with Crippen molar-refractivity contribution in [2.24, 2.45) is 0 Å². The fourth-order valence-electron chi connectivity index (χ4n) is 2.53. The topological polar surface area (TPSA) is 36.3 Å². The smallest absolute Gasteiger partial charge is 0.231 e. The second-order valence-corrected chi connectivity index (χ2v) is 5.51. The summed E-state index contributed by atoms with van der Waals surface area (Å²) in [5.74, 6) is 1.31. The Morgan fingerprint density at radius 2 is 1.95 bits per heavy atom. The number of nitrogens with zero attached hydrogens (tertiary/aromatic N) is 2. The van der Waals surface area contributed by atoms with Crippen LogP contribution in [0.4, 0.5) is 0 Å². The zero-order chi connectivity index (χ0) is 14.9. The maximum atomic E-state index is 6.21. The molecule has 0 saturated heterocycles. The standard InChI is InChI=1S/C17H13ClN2O2/c18-15-6-12(7-16-17(15)22-11-21-16)9-20-10-14(8-19-20)13-4-2-1-3-5-13/h1-8,10H,9,11H2. The zero-order valence-corrected chi connectivity index (χ0v) is 12.5. The molecule has 4 rings (SSSR count). The van der Waals surface area contributed by atoms with Crippen LogP contribution < -0.4 is 9.47 Å². The van der Waals surface area contributed by atoms with Gasteiger partial charge in [0.2, 0.25) is 6.79 Å². The number of fused-ring (bicyclic) bond motifs is 1. The fourth-order valence-corrected chi connectivity index (χ4v) is 2.82. The van der Waals surface area contributed by atoms with E-state index in [2.05, 4.69) is 17.2 Å². The largest absolute Gasteiger partial charge is 0.454 e. The van der Waals surface area contributed by atoms with E-state index < -0.39 is 0 Å². The molecular weight excluding hydrogens is 300 g/mol. The van der Waals surface area contributed by atoms with E-state index in [1.54, 1.807) is 0 Å². The SMILES string of the molecule is Clc1cc(Cn2cc(-c3ccccc3)cn2)cc2c1OCO2. The molecule has 0 saturated carbocycles. The maximum absolute atomic E-state index is 6.21. The third-order valence-electron chi connectivity index (χ3n) is 3.57. The van der Waals surface area contributed by atoms with Gasteiger partial charge in [-0.3, -0.25) is 4.68 Å². The number of benzene rings is 2. The van der Waals surface area contributed by atoms with E-state index in [1.807, 2.05) is 47.4 Å². The summed E-state index contributed by atoms with van der Waals surface area (Å²) >= 11 is 6.21. The van der Waals surface area contributed by atoms with Crippen LogP contribution in [0, 0.1) is 0 Å². The minimum absolute atomic E-state index is 0.221. The first kappa shape index (κ1) is 13.2. The van der Waals surface area contributed by atoms with Crippen molar-refractivity contribution >= 4 is 11.6 Å². The van der Waals surface area contributed by atoms with Crippen molar-refractivity contribution in [1.82, 2.24) is 9.78 Å². The van der Waals surface area contributed by atoms with Crippen molar-refractivity contribution in [2.45, 2.75) is 6.54 Å². The summed E-state index contributed by atoms with van der Waals surface area (Å²) in [6.07, 6.45) is 3.89. The molecule has 110 valence electrons. The Bertz CT molecular complexity index is 815. The summed E-state index contributed by atoms with van der Waals surface area (Å²) in [7, 11) is 0. The highest BCUT2D eigenvalue weighted by Gasteiger charge is 2.18. The highest BCUT2D eigenvalue weighted by Crippen LogP contribution is 2.39. The van der Waals surface area contributed by atoms with E-state index in [4.69, 9.17) is 21.1 Å². The molecule has 0 amide bonds. The first-order valence-electron chi connectivity index (χ1n) is 6.95. The molecule has 3 aromatic rings. The van der Waals surface area contributed by atoms with E-state index in [9.17, 15) is 0 Å². The lowest BCUT2D eigenvalue weighted by atomic mass is 10.1. The van der Waals surface area contributed by atoms with Crippen molar-refractivity contribution in [3.05, 3.63) is 65.4 Å². The van der Waals surface area contributed by atoms with Gasteiger partial charge in [0.15, 0.2) is 11.5 Å². The molecule has 0 N–H and O–H groups in total. The van der Waals surface area contributed by atoms with Crippen molar-refractivity contribution in [1.29, 1.82) is 0 Å². The first-order chi connectivity index (χ1) is 10.8. The molecule has 0 spiro atoms. The van der Waals surface area contributed by atoms with Gasteiger partial charge in [-0.25, -0.2) is 0 Å². The third-order valence-corrected chi connectivity index (χ3v) is 3.85. The van der Waals surface area contributed by atoms with Gasteiger partial charge in [-0.15, -0.1) is 0 Å². The Kier molecular flexibility index (Phi) is 3.24. The zero-order valence-electron chi connectivity index (χ0n) is 11.7. The lowest BCUT2D eigenvalue weighted by molar-refractivity contribution is 0.174. The molecule has 2 aromatic carbocycles. The van der Waals surface area contributed by atoms with Crippen LogP contribution in [0.5, 0.6) is 11.5 Å². The van der Waals surface area contributed by atoms with Gasteiger partial charge in [-0.1, -0.05) is 41.9 Å². The predicted octanol–water partition coefficient (Wildman–Crippen LogP) is 3.98. The van der Waals surface area contributed by atoms with E-state index >= 15 is 0 Å². The Morgan fingerprint density at radius 1 is 1.09 bits per heavy atom. The molecule has 0 bridgehead atoms. The summed E-state index contributed by atoms with van der Waals surface area (Å²) in [6.45, 7) is 0.849. The van der Waals surface area contributed by atoms with Gasteiger partial charge in [0.25, 0.3) is 0 Å². The van der Waals surface area contributed by atoms with E-state index in [1.165, 1.54) is 0 Å². The quantitative estimate of drug-likeness (QED) is 0.734. The molecule has 1 aliphatic rings. The summed E-state index contributed by atoms with van der Waals surface area (Å²) in [5, 5.41) is 4.98. The number of halogens is 1. The minimum Gasteiger partial charge on any atom is -0.454 e. The van der Waals surface area contributed by atoms with E-state index in [-0.39, 0.29) is 6.79 Å². The van der Waals surface area contributed by atoms with E-state index in [0.29, 0.717) is 23.1 Å². The van der Waals surface area contributed by atoms with Gasteiger partial charge in [0, 0.05) is 11.8 Å². The van der Waals surface area contributed by atoms with E-state index in [0.717, 1.165) is 16.7 Å². The normalized spacial score (nSPS) is 12.6. The van der Waals surface area contributed by atoms with Crippen molar-refractivity contribution in [2.75, 3.05) is 6.79 Å². The minimum atomic E-state index is 0.221. The molecule has 0 fully saturated rings. The number of ether oxygens (including phenoxy) is 2. The second-order valence-electron chi connectivity index (χ2n) is 5.10. The van der Waals surface area contributed by atoms with Crippen LogP contribution in [0.15, 0.2) is 54.9 Å². The van der Waals surface area contributed by atoms with Crippen LogP contribution in [0.25, 0.3) is 11.1 Å². The van der Waals surface area contributed by atoms with Crippen LogP contribution in [-0.2, 0) is 6.54 Å². The Balaban J connectivity index is 1.60. The van der Waals surface area contributed by atoms with Crippen molar-refractivity contribution in [3.63, 3.8) is 0 Å². The van der Waals surface area contributed by atoms with Crippen LogP contribution in [0.2, 0.25) is 5.02 Å². The van der Waals surface area contributed by atoms with Crippen LogP contribution in [0.3, 0.4) is 0 Å². The summed E-state index contributed by atoms with van der Waals surface area (Å²) in [5.41, 5.74) is 3.27. The number of rotatable bonds is 3. The number of hydrogen-bond donors (Lipinski definition) is 0.